The average Bonchev–Trinajstić information content (AvgIpc) is 2.62. The smallest absolute Gasteiger partial charge is 0.412 e. The van der Waals surface area contributed by atoms with Crippen molar-refractivity contribution < 1.29 is 24.0 Å². The van der Waals surface area contributed by atoms with E-state index >= 15 is 0 Å². The first-order valence-corrected chi connectivity index (χ1v) is 8.87. The van der Waals surface area contributed by atoms with Crippen LogP contribution < -0.4 is 5.32 Å². The van der Waals surface area contributed by atoms with Crippen LogP contribution in [-0.4, -0.2) is 36.2 Å². The van der Waals surface area contributed by atoms with E-state index in [4.69, 9.17) is 9.57 Å². The molecule has 0 unspecified atom stereocenters. The Balaban J connectivity index is 2.10. The van der Waals surface area contributed by atoms with E-state index < -0.39 is 24.1 Å². The van der Waals surface area contributed by atoms with E-state index in [2.05, 4.69) is 21.2 Å². The minimum atomic E-state index is -1.16. The van der Waals surface area contributed by atoms with Gasteiger partial charge in [-0.15, -0.1) is 0 Å². The van der Waals surface area contributed by atoms with Gasteiger partial charge in [-0.3, -0.25) is 14.9 Å². The average molecular weight is 435 g/mol. The zero-order valence-electron chi connectivity index (χ0n) is 14.8. The van der Waals surface area contributed by atoms with Crippen LogP contribution in [-0.2, 0) is 25.6 Å². The lowest BCUT2D eigenvalue weighted by Gasteiger charge is -2.22. The summed E-state index contributed by atoms with van der Waals surface area (Å²) >= 11 is 3.31. The predicted molar refractivity (Wildman–Crippen MR) is 103 cm³/mol. The molecule has 0 bridgehead atoms. The first-order valence-electron chi connectivity index (χ1n) is 8.08. The number of carbonyl (C=O) groups excluding carboxylic acids is 3. The second kappa shape index (κ2) is 9.72. The molecule has 2 rings (SSSR count). The van der Waals surface area contributed by atoms with Crippen LogP contribution in [0.1, 0.15) is 12.5 Å². The topological polar surface area (TPSA) is 84.9 Å². The van der Waals surface area contributed by atoms with Crippen molar-refractivity contribution in [2.75, 3.05) is 12.4 Å². The molecule has 0 saturated heterocycles. The molecule has 0 spiro atoms. The summed E-state index contributed by atoms with van der Waals surface area (Å²) in [5, 5.41) is 3.33. The van der Waals surface area contributed by atoms with Crippen LogP contribution in [0.2, 0.25) is 0 Å². The number of nitrogens with zero attached hydrogens (tertiary/aromatic N) is 1. The van der Waals surface area contributed by atoms with Gasteiger partial charge in [-0.05, 0) is 29.8 Å². The Morgan fingerprint density at radius 3 is 2.30 bits per heavy atom. The van der Waals surface area contributed by atoms with Gasteiger partial charge < -0.3 is 9.57 Å². The third-order valence-corrected chi connectivity index (χ3v) is 3.98. The number of rotatable bonds is 5. The summed E-state index contributed by atoms with van der Waals surface area (Å²) in [6, 6.07) is 16.0. The van der Waals surface area contributed by atoms with Gasteiger partial charge in [-0.25, -0.2) is 4.79 Å². The lowest BCUT2D eigenvalue weighted by atomic mass is 10.1. The molecule has 142 valence electrons. The Bertz CT molecular complexity index is 796. The van der Waals surface area contributed by atoms with Crippen LogP contribution in [0.25, 0.3) is 0 Å². The Hall–Kier alpha value is -2.87. The Morgan fingerprint density at radius 1 is 1.07 bits per heavy atom. The fourth-order valence-corrected chi connectivity index (χ4v) is 2.52. The standard InChI is InChI=1S/C19H19BrN2O5/c1-13(23)27-22(2)18(24)17(12-14-6-4-3-5-7-14)26-19(25)21-16-10-8-15(20)9-11-16/h3-11,17H,12H2,1-2H3,(H,21,25)/t17-/m0/s1. The number of benzene rings is 2. The van der Waals surface area contributed by atoms with Crippen molar-refractivity contribution in [2.45, 2.75) is 19.4 Å². The molecule has 0 aromatic heterocycles. The van der Waals surface area contributed by atoms with E-state index in [1.54, 1.807) is 24.3 Å². The molecule has 0 aliphatic heterocycles. The lowest BCUT2D eigenvalue weighted by Crippen LogP contribution is -2.41. The quantitative estimate of drug-likeness (QED) is 0.727. The van der Waals surface area contributed by atoms with Crippen LogP contribution >= 0.6 is 15.9 Å². The van der Waals surface area contributed by atoms with Crippen molar-refractivity contribution in [1.29, 1.82) is 0 Å². The lowest BCUT2D eigenvalue weighted by molar-refractivity contribution is -0.195. The summed E-state index contributed by atoms with van der Waals surface area (Å²) in [6.07, 6.45) is -1.81. The van der Waals surface area contributed by atoms with Crippen LogP contribution in [0, 0.1) is 0 Å². The molecule has 0 radical (unpaired) electrons. The van der Waals surface area contributed by atoms with Gasteiger partial charge in [0.1, 0.15) is 0 Å². The molecule has 2 aromatic rings. The van der Waals surface area contributed by atoms with Gasteiger partial charge in [0, 0.05) is 30.6 Å². The van der Waals surface area contributed by atoms with Gasteiger partial charge >= 0.3 is 12.1 Å². The molecule has 1 N–H and O–H groups in total. The largest absolute Gasteiger partial charge is 0.435 e. The van der Waals surface area contributed by atoms with E-state index in [0.29, 0.717) is 5.69 Å². The van der Waals surface area contributed by atoms with Gasteiger partial charge in [-0.2, -0.15) is 5.06 Å². The number of halogens is 1. The van der Waals surface area contributed by atoms with E-state index in [1.165, 1.54) is 14.0 Å². The third kappa shape index (κ3) is 6.74. The maximum Gasteiger partial charge on any atom is 0.412 e. The Labute approximate surface area is 165 Å². The maximum atomic E-state index is 12.6. The summed E-state index contributed by atoms with van der Waals surface area (Å²) in [4.78, 5) is 40.6. The zero-order valence-corrected chi connectivity index (χ0v) is 16.4. The summed E-state index contributed by atoms with van der Waals surface area (Å²) in [7, 11) is 1.29. The number of hydrogen-bond donors (Lipinski definition) is 1. The van der Waals surface area contributed by atoms with Crippen molar-refractivity contribution in [2.24, 2.45) is 0 Å². The highest BCUT2D eigenvalue weighted by Crippen LogP contribution is 2.15. The highest BCUT2D eigenvalue weighted by atomic mass is 79.9. The van der Waals surface area contributed by atoms with E-state index in [1.807, 2.05) is 30.3 Å². The van der Waals surface area contributed by atoms with Crippen LogP contribution in [0.15, 0.2) is 59.1 Å². The van der Waals surface area contributed by atoms with Gasteiger partial charge in [-0.1, -0.05) is 46.3 Å². The number of nitrogens with one attached hydrogen (secondary N) is 1. The zero-order chi connectivity index (χ0) is 19.8. The number of likely N-dealkylation sites (N-methyl/N-ethyl adjacent to an activating group) is 1. The second-order valence-corrected chi connectivity index (χ2v) is 6.55. The van der Waals surface area contributed by atoms with E-state index in [-0.39, 0.29) is 6.42 Å². The number of anilines is 1. The number of carbonyl (C=O) groups is 3. The molecule has 0 aliphatic rings. The molecule has 2 aromatic carbocycles. The minimum absolute atomic E-state index is 0.138. The summed E-state index contributed by atoms with van der Waals surface area (Å²) in [5.74, 6) is -1.30. The highest BCUT2D eigenvalue weighted by molar-refractivity contribution is 9.10. The number of hydrogen-bond acceptors (Lipinski definition) is 5. The number of amides is 2. The van der Waals surface area contributed by atoms with Gasteiger partial charge in [0.25, 0.3) is 5.91 Å². The molecule has 0 fully saturated rings. The molecule has 8 heteroatoms. The molecule has 0 saturated carbocycles. The monoisotopic (exact) mass is 434 g/mol. The van der Waals surface area contributed by atoms with Crippen LogP contribution in [0.5, 0.6) is 0 Å². The van der Waals surface area contributed by atoms with Crippen molar-refractivity contribution in [1.82, 2.24) is 5.06 Å². The second-order valence-electron chi connectivity index (χ2n) is 5.63. The van der Waals surface area contributed by atoms with E-state index in [9.17, 15) is 14.4 Å². The minimum Gasteiger partial charge on any atom is -0.435 e. The molecule has 7 nitrogen and oxygen atoms in total. The normalized spacial score (nSPS) is 11.2. The van der Waals surface area contributed by atoms with Crippen molar-refractivity contribution in [3.05, 3.63) is 64.6 Å². The first-order chi connectivity index (χ1) is 12.8. The summed E-state index contributed by atoms with van der Waals surface area (Å²) < 4.78 is 6.17. The molecular weight excluding hydrogens is 416 g/mol. The van der Waals surface area contributed by atoms with Gasteiger partial charge in [0.15, 0.2) is 6.10 Å². The van der Waals surface area contributed by atoms with Gasteiger partial charge in [0.05, 0.1) is 0 Å². The molecule has 0 heterocycles. The first kappa shape index (κ1) is 20.4. The third-order valence-electron chi connectivity index (χ3n) is 3.46. The van der Waals surface area contributed by atoms with Gasteiger partial charge in [0.2, 0.25) is 0 Å². The number of ether oxygens (including phenoxy) is 1. The summed E-state index contributed by atoms with van der Waals surface area (Å²) in [5.41, 5.74) is 1.31. The van der Waals surface area contributed by atoms with E-state index in [0.717, 1.165) is 15.1 Å². The van der Waals surface area contributed by atoms with Crippen molar-refractivity contribution in [3.63, 3.8) is 0 Å². The fraction of sp³-hybridized carbons (Fsp3) is 0.211. The Morgan fingerprint density at radius 2 is 1.70 bits per heavy atom. The van der Waals surface area contributed by atoms with Crippen molar-refractivity contribution >= 4 is 39.6 Å². The molecule has 2 amide bonds. The predicted octanol–water partition coefficient (Wildman–Crippen LogP) is 3.55. The summed E-state index contributed by atoms with van der Waals surface area (Å²) in [6.45, 7) is 1.18. The molecule has 27 heavy (non-hydrogen) atoms. The van der Waals surface area contributed by atoms with Crippen molar-refractivity contribution in [3.8, 4) is 0 Å². The number of hydroxylamine groups is 2. The van der Waals surface area contributed by atoms with Crippen LogP contribution in [0.4, 0.5) is 10.5 Å². The SMILES string of the molecule is CC(=O)ON(C)C(=O)[C@H](Cc1ccccc1)OC(=O)Nc1ccc(Br)cc1. The van der Waals surface area contributed by atoms with Crippen LogP contribution in [0.3, 0.4) is 0 Å². The molecule has 0 aliphatic carbocycles. The highest BCUT2D eigenvalue weighted by Gasteiger charge is 2.28. The maximum absolute atomic E-state index is 12.6. The molecule has 1 atom stereocenters. The Kier molecular flexibility index (Phi) is 7.36. The molecular formula is C19H19BrN2O5. The fourth-order valence-electron chi connectivity index (χ4n) is 2.26.